The number of rotatable bonds is 3. The van der Waals surface area contributed by atoms with Gasteiger partial charge in [-0.05, 0) is 18.2 Å². The van der Waals surface area contributed by atoms with E-state index in [-0.39, 0.29) is 18.8 Å². The van der Waals surface area contributed by atoms with Gasteiger partial charge in [-0.15, -0.1) is 11.3 Å². The first-order valence-electron chi connectivity index (χ1n) is 6.45. The number of hydrogen-bond donors (Lipinski definition) is 0. The molecule has 1 aliphatic rings. The maximum Gasteiger partial charge on any atom is 0.303 e. The second kappa shape index (κ2) is 5.18. The van der Waals surface area contributed by atoms with Gasteiger partial charge in [-0.25, -0.2) is 13.8 Å². The second-order valence-electron chi connectivity index (χ2n) is 5.23. The molecule has 0 radical (unpaired) electrons. The lowest BCUT2D eigenvalue weighted by Gasteiger charge is -2.38. The van der Waals surface area contributed by atoms with E-state index in [1.165, 1.54) is 18.3 Å². The average Bonchev–Trinajstić information content (AvgIpc) is 2.75. The van der Waals surface area contributed by atoms with Crippen LogP contribution in [-0.2, 0) is 9.53 Å². The minimum absolute atomic E-state index is 0.257. The summed E-state index contributed by atoms with van der Waals surface area (Å²) in [5, 5.41) is 1.23. The summed E-state index contributed by atoms with van der Waals surface area (Å²) in [6.45, 7) is 1.28. The van der Waals surface area contributed by atoms with Gasteiger partial charge in [0.2, 0.25) is 5.92 Å². The van der Waals surface area contributed by atoms with Gasteiger partial charge in [-0.1, -0.05) is 11.6 Å². The Labute approximate surface area is 128 Å². The molecule has 21 heavy (non-hydrogen) atoms. The van der Waals surface area contributed by atoms with Crippen molar-refractivity contribution in [2.45, 2.75) is 31.8 Å². The third-order valence-electron chi connectivity index (χ3n) is 3.49. The molecule has 112 valence electrons. The van der Waals surface area contributed by atoms with E-state index in [1.54, 1.807) is 6.07 Å². The first kappa shape index (κ1) is 14.7. The molecule has 1 aliphatic carbocycles. The van der Waals surface area contributed by atoms with E-state index in [9.17, 15) is 13.6 Å². The number of fused-ring (bicyclic) bond motifs is 1. The van der Waals surface area contributed by atoms with Crippen molar-refractivity contribution in [2.75, 3.05) is 0 Å². The SMILES string of the molecule is CC(=O)OC(c1cc2ccc(Cl)nc2s1)C1CC(F)(F)C1. The first-order valence-corrected chi connectivity index (χ1v) is 7.64. The summed E-state index contributed by atoms with van der Waals surface area (Å²) in [7, 11) is 0. The zero-order valence-corrected chi connectivity index (χ0v) is 12.7. The van der Waals surface area contributed by atoms with E-state index in [2.05, 4.69) is 4.98 Å². The van der Waals surface area contributed by atoms with Crippen LogP contribution in [0.25, 0.3) is 10.2 Å². The minimum atomic E-state index is -2.65. The van der Waals surface area contributed by atoms with Crippen molar-refractivity contribution in [3.8, 4) is 0 Å². The molecule has 0 saturated heterocycles. The molecule has 0 aromatic carbocycles. The van der Waals surface area contributed by atoms with E-state index in [0.29, 0.717) is 9.98 Å². The fourth-order valence-electron chi connectivity index (χ4n) is 2.54. The topological polar surface area (TPSA) is 39.2 Å². The third kappa shape index (κ3) is 3.01. The van der Waals surface area contributed by atoms with Gasteiger partial charge in [0.15, 0.2) is 0 Å². The van der Waals surface area contributed by atoms with Crippen molar-refractivity contribution in [3.63, 3.8) is 0 Å². The van der Waals surface area contributed by atoms with Crippen LogP contribution in [-0.4, -0.2) is 16.9 Å². The fourth-order valence-corrected chi connectivity index (χ4v) is 3.89. The molecular weight excluding hydrogens is 320 g/mol. The van der Waals surface area contributed by atoms with Gasteiger partial charge in [0.05, 0.1) is 0 Å². The molecule has 0 spiro atoms. The van der Waals surface area contributed by atoms with Crippen molar-refractivity contribution in [3.05, 3.63) is 28.2 Å². The third-order valence-corrected chi connectivity index (χ3v) is 4.81. The van der Waals surface area contributed by atoms with Gasteiger partial charge < -0.3 is 4.74 Å². The van der Waals surface area contributed by atoms with Crippen molar-refractivity contribution in [2.24, 2.45) is 5.92 Å². The molecule has 0 bridgehead atoms. The van der Waals surface area contributed by atoms with Gasteiger partial charge >= 0.3 is 5.97 Å². The lowest BCUT2D eigenvalue weighted by Crippen LogP contribution is -2.39. The molecule has 1 saturated carbocycles. The number of esters is 1. The van der Waals surface area contributed by atoms with Crippen molar-refractivity contribution in [1.29, 1.82) is 0 Å². The second-order valence-corrected chi connectivity index (χ2v) is 6.68. The Kier molecular flexibility index (Phi) is 3.61. The molecule has 1 unspecified atom stereocenters. The lowest BCUT2D eigenvalue weighted by molar-refractivity contribution is -0.172. The summed E-state index contributed by atoms with van der Waals surface area (Å²) >= 11 is 7.16. The Balaban J connectivity index is 1.92. The molecule has 7 heteroatoms. The summed E-state index contributed by atoms with van der Waals surface area (Å²) in [6.07, 6.45) is -1.15. The molecule has 3 rings (SSSR count). The van der Waals surface area contributed by atoms with Crippen LogP contribution in [0.4, 0.5) is 8.78 Å². The Hall–Kier alpha value is -1.27. The molecule has 0 N–H and O–H groups in total. The molecule has 0 aliphatic heterocycles. The Morgan fingerprint density at radius 1 is 1.52 bits per heavy atom. The van der Waals surface area contributed by atoms with Gasteiger partial charge in [0.25, 0.3) is 0 Å². The van der Waals surface area contributed by atoms with Gasteiger partial charge in [0, 0.05) is 35.9 Å². The standard InChI is InChI=1S/C14H12ClF2NO2S/c1-7(19)20-12(9-5-14(16,17)6-9)10-4-8-2-3-11(15)18-13(8)21-10/h2-4,9,12H,5-6H2,1H3. The predicted molar refractivity (Wildman–Crippen MR) is 76.8 cm³/mol. The van der Waals surface area contributed by atoms with Crippen LogP contribution in [0, 0.1) is 5.92 Å². The average molecular weight is 332 g/mol. The molecule has 2 aromatic rings. The minimum Gasteiger partial charge on any atom is -0.457 e. The zero-order valence-electron chi connectivity index (χ0n) is 11.1. The zero-order chi connectivity index (χ0) is 15.2. The van der Waals surface area contributed by atoms with Crippen LogP contribution in [0.2, 0.25) is 5.15 Å². The van der Waals surface area contributed by atoms with Crippen LogP contribution in [0.1, 0.15) is 30.7 Å². The smallest absolute Gasteiger partial charge is 0.303 e. The van der Waals surface area contributed by atoms with Gasteiger partial charge in [-0.2, -0.15) is 0 Å². The normalized spacial score (nSPS) is 19.2. The van der Waals surface area contributed by atoms with Crippen molar-refractivity contribution >= 4 is 39.1 Å². The number of pyridine rings is 1. The fraction of sp³-hybridized carbons (Fsp3) is 0.429. The van der Waals surface area contributed by atoms with Crippen LogP contribution in [0.3, 0.4) is 0 Å². The van der Waals surface area contributed by atoms with E-state index in [1.807, 2.05) is 12.1 Å². The summed E-state index contributed by atoms with van der Waals surface area (Å²) < 4.78 is 31.5. The van der Waals surface area contributed by atoms with E-state index in [4.69, 9.17) is 16.3 Å². The van der Waals surface area contributed by atoms with Crippen LogP contribution >= 0.6 is 22.9 Å². The van der Waals surface area contributed by atoms with Gasteiger partial charge in [-0.3, -0.25) is 4.79 Å². The maximum absolute atomic E-state index is 13.1. The molecule has 3 nitrogen and oxygen atoms in total. The maximum atomic E-state index is 13.1. The van der Waals surface area contributed by atoms with Crippen molar-refractivity contribution < 1.29 is 18.3 Å². The number of halogens is 3. The highest BCUT2D eigenvalue weighted by Gasteiger charge is 2.50. The van der Waals surface area contributed by atoms with E-state index in [0.717, 1.165) is 10.3 Å². The molecular formula is C14H12ClF2NO2S. The number of alkyl halides is 2. The Morgan fingerprint density at radius 2 is 2.24 bits per heavy atom. The van der Waals surface area contributed by atoms with Crippen LogP contribution in [0.15, 0.2) is 18.2 Å². The summed E-state index contributed by atoms with van der Waals surface area (Å²) in [5.41, 5.74) is 0. The summed E-state index contributed by atoms with van der Waals surface area (Å²) in [4.78, 5) is 16.9. The highest BCUT2D eigenvalue weighted by atomic mass is 35.5. The largest absolute Gasteiger partial charge is 0.457 e. The number of nitrogens with zero attached hydrogens (tertiary/aromatic N) is 1. The summed E-state index contributed by atoms with van der Waals surface area (Å²) in [5.74, 6) is -3.48. The van der Waals surface area contributed by atoms with Crippen LogP contribution in [0.5, 0.6) is 0 Å². The highest BCUT2D eigenvalue weighted by molar-refractivity contribution is 7.18. The molecule has 1 fully saturated rings. The number of thiophene rings is 1. The van der Waals surface area contributed by atoms with E-state index >= 15 is 0 Å². The Bertz CT molecular complexity index is 695. The number of hydrogen-bond acceptors (Lipinski definition) is 4. The molecule has 2 aromatic heterocycles. The monoisotopic (exact) mass is 331 g/mol. The van der Waals surface area contributed by atoms with Crippen molar-refractivity contribution in [1.82, 2.24) is 4.98 Å². The molecule has 1 atom stereocenters. The quantitative estimate of drug-likeness (QED) is 0.609. The van der Waals surface area contributed by atoms with Crippen LogP contribution < -0.4 is 0 Å². The molecule has 2 heterocycles. The number of ether oxygens (including phenoxy) is 1. The predicted octanol–water partition coefficient (Wildman–Crippen LogP) is 4.60. The number of aromatic nitrogens is 1. The Morgan fingerprint density at radius 3 is 2.86 bits per heavy atom. The summed E-state index contributed by atoms with van der Waals surface area (Å²) in [6, 6.07) is 5.30. The van der Waals surface area contributed by atoms with Gasteiger partial charge in [0.1, 0.15) is 16.1 Å². The first-order chi connectivity index (χ1) is 9.84. The number of carbonyl (C=O) groups is 1. The number of carbonyl (C=O) groups excluding carboxylic acids is 1. The highest BCUT2D eigenvalue weighted by Crippen LogP contribution is 2.51. The van der Waals surface area contributed by atoms with E-state index < -0.39 is 18.0 Å². The lowest BCUT2D eigenvalue weighted by atomic mass is 9.77. The molecule has 0 amide bonds.